The van der Waals surface area contributed by atoms with Crippen LogP contribution in [0.15, 0.2) is 0 Å². The van der Waals surface area contributed by atoms with Gasteiger partial charge in [0.1, 0.15) is 0 Å². The molecule has 0 aromatic rings. The monoisotopic (exact) mass is 292 g/mol. The van der Waals surface area contributed by atoms with E-state index in [0.29, 0.717) is 18.6 Å². The van der Waals surface area contributed by atoms with Gasteiger partial charge in [0.2, 0.25) is 5.91 Å². The van der Waals surface area contributed by atoms with E-state index in [-0.39, 0.29) is 18.3 Å². The minimum Gasteiger partial charge on any atom is -0.378 e. The number of hydrogen-bond donors (Lipinski definition) is 1. The molecule has 0 aromatic carbocycles. The molecule has 1 heterocycles. The summed E-state index contributed by atoms with van der Waals surface area (Å²) in [5.41, 5.74) is 5.43. The second-order valence-electron chi connectivity index (χ2n) is 5.23. The lowest BCUT2D eigenvalue weighted by Gasteiger charge is -2.33. The summed E-state index contributed by atoms with van der Waals surface area (Å²) in [6.07, 6.45) is 5.25. The van der Waals surface area contributed by atoms with Crippen molar-refractivity contribution in [3.63, 3.8) is 0 Å². The molecule has 0 aromatic heterocycles. The third-order valence-corrected chi connectivity index (χ3v) is 3.60. The van der Waals surface area contributed by atoms with E-state index in [1.54, 1.807) is 0 Å². The lowest BCUT2D eigenvalue weighted by Crippen LogP contribution is -2.43. The Hall–Kier alpha value is -0.320. The average Bonchev–Trinajstić information content (AvgIpc) is 2.39. The topological polar surface area (TPSA) is 55.6 Å². The van der Waals surface area contributed by atoms with Crippen LogP contribution in [0.5, 0.6) is 0 Å². The van der Waals surface area contributed by atoms with Crippen LogP contribution in [0.4, 0.5) is 0 Å². The fourth-order valence-corrected chi connectivity index (χ4v) is 2.44. The number of rotatable bonds is 7. The van der Waals surface area contributed by atoms with Crippen molar-refractivity contribution in [3.8, 4) is 0 Å². The summed E-state index contributed by atoms with van der Waals surface area (Å²) in [7, 11) is 0. The largest absolute Gasteiger partial charge is 0.378 e. The quantitative estimate of drug-likeness (QED) is 0.732. The molecule has 19 heavy (non-hydrogen) atoms. The van der Waals surface area contributed by atoms with Crippen molar-refractivity contribution < 1.29 is 9.53 Å². The van der Waals surface area contributed by atoms with E-state index in [9.17, 15) is 4.79 Å². The summed E-state index contributed by atoms with van der Waals surface area (Å²) in [5, 5.41) is 0. The van der Waals surface area contributed by atoms with Gasteiger partial charge < -0.3 is 15.4 Å². The van der Waals surface area contributed by atoms with Gasteiger partial charge in [0, 0.05) is 25.6 Å². The van der Waals surface area contributed by atoms with Crippen molar-refractivity contribution in [2.45, 2.75) is 52.1 Å². The Morgan fingerprint density at radius 3 is 2.58 bits per heavy atom. The standard InChI is InChI=1S/C14H28N2O2.ClH/c1-3-5-12(2)14(17)16-9-6-13(7-10-16)18-11-4-8-15;/h12-13H,3-11,15H2,1-2H3;1H. The van der Waals surface area contributed by atoms with Gasteiger partial charge in [-0.1, -0.05) is 20.3 Å². The Labute approximate surface area is 123 Å². The fraction of sp³-hybridized carbons (Fsp3) is 0.929. The molecular formula is C14H29ClN2O2. The highest BCUT2D eigenvalue weighted by Gasteiger charge is 2.25. The number of amides is 1. The molecule has 0 bridgehead atoms. The number of nitrogens with zero attached hydrogens (tertiary/aromatic N) is 1. The van der Waals surface area contributed by atoms with Crippen LogP contribution in [0, 0.1) is 5.92 Å². The molecule has 5 heteroatoms. The van der Waals surface area contributed by atoms with Crippen LogP contribution < -0.4 is 5.73 Å². The minimum absolute atomic E-state index is 0. The summed E-state index contributed by atoms with van der Waals surface area (Å²) in [5.74, 6) is 0.488. The molecule has 1 fully saturated rings. The molecular weight excluding hydrogens is 264 g/mol. The number of ether oxygens (including phenoxy) is 1. The Morgan fingerprint density at radius 1 is 1.42 bits per heavy atom. The van der Waals surface area contributed by atoms with Crippen LogP contribution in [0.2, 0.25) is 0 Å². The van der Waals surface area contributed by atoms with E-state index in [1.807, 2.05) is 11.8 Å². The number of carbonyl (C=O) groups excluding carboxylic acids is 1. The molecule has 4 nitrogen and oxygen atoms in total. The van der Waals surface area contributed by atoms with E-state index in [2.05, 4.69) is 6.92 Å². The predicted molar refractivity (Wildman–Crippen MR) is 80.5 cm³/mol. The average molecular weight is 293 g/mol. The highest BCUT2D eigenvalue weighted by Crippen LogP contribution is 2.17. The number of likely N-dealkylation sites (tertiary alicyclic amines) is 1. The molecule has 0 saturated carbocycles. The molecule has 1 atom stereocenters. The SMILES string of the molecule is CCCC(C)C(=O)N1CCC(OCCCN)CC1.Cl. The second kappa shape index (κ2) is 10.5. The second-order valence-corrected chi connectivity index (χ2v) is 5.23. The third kappa shape index (κ3) is 6.59. The zero-order chi connectivity index (χ0) is 13.4. The van der Waals surface area contributed by atoms with Crippen LogP contribution in [-0.2, 0) is 9.53 Å². The molecule has 114 valence electrons. The maximum atomic E-state index is 12.1. The van der Waals surface area contributed by atoms with Crippen LogP contribution in [0.3, 0.4) is 0 Å². The van der Waals surface area contributed by atoms with Crippen molar-refractivity contribution in [2.75, 3.05) is 26.2 Å². The van der Waals surface area contributed by atoms with Crippen LogP contribution in [-0.4, -0.2) is 43.2 Å². The van der Waals surface area contributed by atoms with Crippen molar-refractivity contribution in [3.05, 3.63) is 0 Å². The van der Waals surface area contributed by atoms with E-state index in [0.717, 1.165) is 51.8 Å². The minimum atomic E-state index is 0. The summed E-state index contributed by atoms with van der Waals surface area (Å²) in [6.45, 7) is 7.30. The molecule has 2 N–H and O–H groups in total. The Bertz CT molecular complexity index is 244. The van der Waals surface area contributed by atoms with Gasteiger partial charge in [0.05, 0.1) is 6.10 Å². The summed E-state index contributed by atoms with van der Waals surface area (Å²) in [6, 6.07) is 0. The molecule has 1 amide bonds. The normalized spacial score (nSPS) is 17.9. The van der Waals surface area contributed by atoms with Crippen molar-refractivity contribution in [2.24, 2.45) is 11.7 Å². The number of hydrogen-bond acceptors (Lipinski definition) is 3. The summed E-state index contributed by atoms with van der Waals surface area (Å²) < 4.78 is 5.74. The Morgan fingerprint density at radius 2 is 2.05 bits per heavy atom. The van der Waals surface area contributed by atoms with Gasteiger partial charge in [0.15, 0.2) is 0 Å². The highest BCUT2D eigenvalue weighted by molar-refractivity contribution is 5.85. The van der Waals surface area contributed by atoms with Gasteiger partial charge in [-0.3, -0.25) is 4.79 Å². The molecule has 1 unspecified atom stereocenters. The number of nitrogens with two attached hydrogens (primary N) is 1. The van der Waals surface area contributed by atoms with Crippen LogP contribution >= 0.6 is 12.4 Å². The van der Waals surface area contributed by atoms with E-state index in [1.165, 1.54) is 0 Å². The Kier molecular flexibility index (Phi) is 10.3. The molecule has 0 radical (unpaired) electrons. The Balaban J connectivity index is 0.00000324. The van der Waals surface area contributed by atoms with Gasteiger partial charge in [-0.25, -0.2) is 0 Å². The molecule has 1 aliphatic heterocycles. The number of halogens is 1. The van der Waals surface area contributed by atoms with Gasteiger partial charge in [-0.15, -0.1) is 12.4 Å². The molecule has 1 saturated heterocycles. The lowest BCUT2D eigenvalue weighted by molar-refractivity contribution is -0.137. The molecule has 0 aliphatic carbocycles. The number of piperidine rings is 1. The van der Waals surface area contributed by atoms with Gasteiger partial charge in [-0.2, -0.15) is 0 Å². The van der Waals surface area contributed by atoms with Gasteiger partial charge in [-0.05, 0) is 32.2 Å². The number of carbonyl (C=O) groups is 1. The van der Waals surface area contributed by atoms with Crippen molar-refractivity contribution in [1.82, 2.24) is 4.90 Å². The van der Waals surface area contributed by atoms with Crippen molar-refractivity contribution >= 4 is 18.3 Å². The maximum absolute atomic E-state index is 12.1. The molecule has 1 rings (SSSR count). The molecule has 1 aliphatic rings. The highest BCUT2D eigenvalue weighted by atomic mass is 35.5. The van der Waals surface area contributed by atoms with Crippen LogP contribution in [0.25, 0.3) is 0 Å². The molecule has 0 spiro atoms. The van der Waals surface area contributed by atoms with Crippen LogP contribution in [0.1, 0.15) is 46.0 Å². The first-order valence-corrected chi connectivity index (χ1v) is 7.29. The first kappa shape index (κ1) is 18.7. The van der Waals surface area contributed by atoms with Crippen molar-refractivity contribution in [1.29, 1.82) is 0 Å². The predicted octanol–water partition coefficient (Wildman–Crippen LogP) is 2.20. The van der Waals surface area contributed by atoms with Gasteiger partial charge in [0.25, 0.3) is 0 Å². The van der Waals surface area contributed by atoms with Gasteiger partial charge >= 0.3 is 0 Å². The first-order chi connectivity index (χ1) is 8.69. The fourth-order valence-electron chi connectivity index (χ4n) is 2.44. The smallest absolute Gasteiger partial charge is 0.225 e. The summed E-state index contributed by atoms with van der Waals surface area (Å²) in [4.78, 5) is 14.1. The maximum Gasteiger partial charge on any atom is 0.225 e. The summed E-state index contributed by atoms with van der Waals surface area (Å²) >= 11 is 0. The first-order valence-electron chi connectivity index (χ1n) is 7.29. The zero-order valence-corrected chi connectivity index (χ0v) is 13.1. The van der Waals surface area contributed by atoms with E-state index < -0.39 is 0 Å². The zero-order valence-electron chi connectivity index (χ0n) is 12.3. The van der Waals surface area contributed by atoms with E-state index >= 15 is 0 Å². The third-order valence-electron chi connectivity index (χ3n) is 3.60. The van der Waals surface area contributed by atoms with E-state index in [4.69, 9.17) is 10.5 Å². The lowest BCUT2D eigenvalue weighted by atomic mass is 10.0.